The van der Waals surface area contributed by atoms with Crippen LogP contribution in [0.4, 0.5) is 0 Å². The Hall–Kier alpha value is -1.29. The van der Waals surface area contributed by atoms with E-state index in [0.717, 1.165) is 37.6 Å². The van der Waals surface area contributed by atoms with Gasteiger partial charge in [0.1, 0.15) is 11.5 Å². The lowest BCUT2D eigenvalue weighted by Gasteiger charge is -2.37. The average Bonchev–Trinajstić information content (AvgIpc) is 2.82. The van der Waals surface area contributed by atoms with Gasteiger partial charge in [-0.25, -0.2) is 0 Å². The highest BCUT2D eigenvalue weighted by Crippen LogP contribution is 2.18. The van der Waals surface area contributed by atoms with Crippen LogP contribution < -0.4 is 5.32 Å². The van der Waals surface area contributed by atoms with Gasteiger partial charge >= 0.3 is 0 Å². The van der Waals surface area contributed by atoms with Gasteiger partial charge in [0, 0.05) is 25.6 Å². The summed E-state index contributed by atoms with van der Waals surface area (Å²) < 4.78 is 5.56. The topological polar surface area (TPSA) is 45.5 Å². The standard InChI is InChI=1S/C15H24N2O2/c1-4-15(18)17-8-7-14(11(2)10-17)16-9-13-6-5-12(3)19-13/h5-6,11,14,16H,4,7-10H2,1-3H3. The van der Waals surface area contributed by atoms with E-state index in [0.29, 0.717) is 18.4 Å². The number of carbonyl (C=O) groups is 1. The molecule has 0 bridgehead atoms. The maximum Gasteiger partial charge on any atom is 0.222 e. The summed E-state index contributed by atoms with van der Waals surface area (Å²) in [6.45, 7) is 8.59. The summed E-state index contributed by atoms with van der Waals surface area (Å²) in [5, 5.41) is 3.55. The second-order valence-corrected chi connectivity index (χ2v) is 5.46. The first-order valence-corrected chi connectivity index (χ1v) is 7.16. The molecule has 1 aliphatic heterocycles. The molecule has 106 valence electrons. The van der Waals surface area contributed by atoms with Gasteiger partial charge in [-0.05, 0) is 31.4 Å². The number of aryl methyl sites for hydroxylation is 1. The number of hydrogen-bond donors (Lipinski definition) is 1. The van der Waals surface area contributed by atoms with Crippen LogP contribution in [0.2, 0.25) is 0 Å². The van der Waals surface area contributed by atoms with Gasteiger partial charge in [0.2, 0.25) is 5.91 Å². The van der Waals surface area contributed by atoms with Crippen LogP contribution >= 0.6 is 0 Å². The van der Waals surface area contributed by atoms with E-state index < -0.39 is 0 Å². The van der Waals surface area contributed by atoms with Crippen molar-refractivity contribution in [3.8, 4) is 0 Å². The van der Waals surface area contributed by atoms with E-state index in [4.69, 9.17) is 4.42 Å². The molecule has 1 N–H and O–H groups in total. The van der Waals surface area contributed by atoms with Gasteiger partial charge in [0.15, 0.2) is 0 Å². The van der Waals surface area contributed by atoms with E-state index in [1.165, 1.54) is 0 Å². The van der Waals surface area contributed by atoms with E-state index in [9.17, 15) is 4.79 Å². The van der Waals surface area contributed by atoms with Crippen molar-refractivity contribution in [2.75, 3.05) is 13.1 Å². The normalized spacial score (nSPS) is 23.6. The first-order chi connectivity index (χ1) is 9.10. The summed E-state index contributed by atoms with van der Waals surface area (Å²) in [6.07, 6.45) is 1.63. The second kappa shape index (κ2) is 6.24. The fourth-order valence-corrected chi connectivity index (χ4v) is 2.71. The number of amides is 1. The molecule has 19 heavy (non-hydrogen) atoms. The third-order valence-electron chi connectivity index (χ3n) is 3.89. The minimum atomic E-state index is 0.270. The Morgan fingerprint density at radius 3 is 2.89 bits per heavy atom. The number of nitrogens with one attached hydrogen (secondary N) is 1. The largest absolute Gasteiger partial charge is 0.465 e. The molecular weight excluding hydrogens is 240 g/mol. The highest BCUT2D eigenvalue weighted by Gasteiger charge is 2.27. The number of likely N-dealkylation sites (tertiary alicyclic amines) is 1. The minimum Gasteiger partial charge on any atom is -0.465 e. The van der Waals surface area contributed by atoms with Gasteiger partial charge in [-0.15, -0.1) is 0 Å². The zero-order valence-electron chi connectivity index (χ0n) is 12.1. The maximum atomic E-state index is 11.7. The van der Waals surface area contributed by atoms with Gasteiger partial charge in [-0.2, -0.15) is 0 Å². The molecule has 0 spiro atoms. The molecule has 1 saturated heterocycles. The molecule has 2 heterocycles. The highest BCUT2D eigenvalue weighted by molar-refractivity contribution is 5.75. The van der Waals surface area contributed by atoms with E-state index in [1.807, 2.05) is 30.9 Å². The molecule has 1 aromatic heterocycles. The fraction of sp³-hybridized carbons (Fsp3) is 0.667. The predicted molar refractivity (Wildman–Crippen MR) is 74.7 cm³/mol. The Bertz CT molecular complexity index is 428. The van der Waals surface area contributed by atoms with E-state index in [1.54, 1.807) is 0 Å². The summed E-state index contributed by atoms with van der Waals surface area (Å²) in [5.41, 5.74) is 0. The summed E-state index contributed by atoms with van der Waals surface area (Å²) in [5.74, 6) is 2.69. The van der Waals surface area contributed by atoms with Crippen molar-refractivity contribution in [1.29, 1.82) is 0 Å². The molecule has 4 heteroatoms. The van der Waals surface area contributed by atoms with E-state index in [2.05, 4.69) is 12.2 Å². The molecule has 4 nitrogen and oxygen atoms in total. The zero-order chi connectivity index (χ0) is 13.8. The van der Waals surface area contributed by atoms with Gasteiger partial charge in [-0.3, -0.25) is 4.79 Å². The Balaban J connectivity index is 1.81. The van der Waals surface area contributed by atoms with Crippen molar-refractivity contribution in [1.82, 2.24) is 10.2 Å². The van der Waals surface area contributed by atoms with Gasteiger partial charge in [0.25, 0.3) is 0 Å². The van der Waals surface area contributed by atoms with Crippen LogP contribution in [-0.4, -0.2) is 29.9 Å². The molecule has 1 amide bonds. The van der Waals surface area contributed by atoms with E-state index in [-0.39, 0.29) is 5.91 Å². The van der Waals surface area contributed by atoms with Gasteiger partial charge in [-0.1, -0.05) is 13.8 Å². The lowest BCUT2D eigenvalue weighted by Crippen LogP contribution is -2.49. The van der Waals surface area contributed by atoms with Crippen molar-refractivity contribution in [3.63, 3.8) is 0 Å². The Labute approximate surface area is 115 Å². The Kier molecular flexibility index (Phi) is 4.64. The summed E-state index contributed by atoms with van der Waals surface area (Å²) >= 11 is 0. The molecule has 0 aliphatic carbocycles. The van der Waals surface area contributed by atoms with Gasteiger partial charge in [0.05, 0.1) is 6.54 Å². The SMILES string of the molecule is CCC(=O)N1CCC(NCc2ccc(C)o2)C(C)C1. The number of hydrogen-bond acceptors (Lipinski definition) is 3. The van der Waals surface area contributed by atoms with Crippen LogP contribution in [0.15, 0.2) is 16.5 Å². The lowest BCUT2D eigenvalue weighted by molar-refractivity contribution is -0.132. The molecule has 2 unspecified atom stereocenters. The minimum absolute atomic E-state index is 0.270. The third kappa shape index (κ3) is 3.60. The van der Waals surface area contributed by atoms with Crippen LogP contribution in [0.5, 0.6) is 0 Å². The first kappa shape index (κ1) is 14.1. The number of carbonyl (C=O) groups excluding carboxylic acids is 1. The molecule has 1 aromatic rings. The number of rotatable bonds is 4. The second-order valence-electron chi connectivity index (χ2n) is 5.46. The summed E-state index contributed by atoms with van der Waals surface area (Å²) in [7, 11) is 0. The third-order valence-corrected chi connectivity index (χ3v) is 3.89. The molecule has 2 rings (SSSR count). The van der Waals surface area contributed by atoms with Crippen molar-refractivity contribution in [2.24, 2.45) is 5.92 Å². The fourth-order valence-electron chi connectivity index (χ4n) is 2.71. The maximum absolute atomic E-state index is 11.7. The number of nitrogens with zero attached hydrogens (tertiary/aromatic N) is 1. The van der Waals surface area contributed by atoms with Crippen LogP contribution in [0, 0.1) is 12.8 Å². The monoisotopic (exact) mass is 264 g/mol. The molecule has 2 atom stereocenters. The Morgan fingerprint density at radius 2 is 2.32 bits per heavy atom. The van der Waals surface area contributed by atoms with Crippen LogP contribution in [0.1, 0.15) is 38.2 Å². The van der Waals surface area contributed by atoms with Crippen LogP contribution in [0.25, 0.3) is 0 Å². The first-order valence-electron chi connectivity index (χ1n) is 7.16. The molecule has 0 aromatic carbocycles. The smallest absolute Gasteiger partial charge is 0.222 e. The molecule has 0 radical (unpaired) electrons. The van der Waals surface area contributed by atoms with Crippen molar-refractivity contribution in [3.05, 3.63) is 23.7 Å². The Morgan fingerprint density at radius 1 is 1.53 bits per heavy atom. The van der Waals surface area contributed by atoms with E-state index >= 15 is 0 Å². The number of furan rings is 1. The van der Waals surface area contributed by atoms with Crippen molar-refractivity contribution < 1.29 is 9.21 Å². The summed E-state index contributed by atoms with van der Waals surface area (Å²) in [6, 6.07) is 4.47. The van der Waals surface area contributed by atoms with Crippen LogP contribution in [-0.2, 0) is 11.3 Å². The highest BCUT2D eigenvalue weighted by atomic mass is 16.3. The van der Waals surface area contributed by atoms with Crippen LogP contribution in [0.3, 0.4) is 0 Å². The molecule has 0 saturated carbocycles. The average molecular weight is 264 g/mol. The lowest BCUT2D eigenvalue weighted by atomic mass is 9.93. The predicted octanol–water partition coefficient (Wildman–Crippen LogP) is 2.32. The number of piperidine rings is 1. The van der Waals surface area contributed by atoms with Gasteiger partial charge < -0.3 is 14.6 Å². The van der Waals surface area contributed by atoms with Crippen molar-refractivity contribution in [2.45, 2.75) is 46.2 Å². The molecular formula is C15H24N2O2. The zero-order valence-corrected chi connectivity index (χ0v) is 12.1. The quantitative estimate of drug-likeness (QED) is 0.907. The summed E-state index contributed by atoms with van der Waals surface area (Å²) in [4.78, 5) is 13.7. The van der Waals surface area contributed by atoms with Crippen molar-refractivity contribution >= 4 is 5.91 Å². The molecule has 1 aliphatic rings. The molecule has 1 fully saturated rings.